The summed E-state index contributed by atoms with van der Waals surface area (Å²) < 4.78 is 3.58. The Morgan fingerprint density at radius 3 is 2.00 bits per heavy atom. The topological polar surface area (TPSA) is 46.5 Å². The summed E-state index contributed by atoms with van der Waals surface area (Å²) in [7, 11) is 1.59. The van der Waals surface area contributed by atoms with Gasteiger partial charge in [-0.15, -0.1) is 0 Å². The molecule has 0 heterocycles. The molecule has 1 atom stereocenters. The fraction of sp³-hybridized carbons (Fsp3) is 0. The van der Waals surface area contributed by atoms with Crippen molar-refractivity contribution in [3.05, 3.63) is 0 Å². The molecule has 0 aliphatic rings. The van der Waals surface area contributed by atoms with E-state index in [1.165, 1.54) is 0 Å². The van der Waals surface area contributed by atoms with E-state index in [-0.39, 0.29) is 73.2 Å². The van der Waals surface area contributed by atoms with Crippen molar-refractivity contribution >= 4 is 15.6 Å². The number of carboxylic acid groups (broad SMARTS) is 1. The van der Waals surface area contributed by atoms with Crippen molar-refractivity contribution in [1.82, 2.24) is 0 Å². The predicted molar refractivity (Wildman–Crippen MR) is 19.9 cm³/mol. The van der Waals surface area contributed by atoms with Crippen LogP contribution in [0.25, 0.3) is 0 Å². The first kappa shape index (κ1) is 16.0. The quantitative estimate of drug-likeness (QED) is 0.379. The van der Waals surface area contributed by atoms with Gasteiger partial charge in [-0.25, -0.2) is 4.79 Å². The van der Waals surface area contributed by atoms with Crippen molar-refractivity contribution in [2.45, 2.75) is 0 Å². The summed E-state index contributed by atoms with van der Waals surface area (Å²) in [5.41, 5.74) is 0. The maximum Gasteiger partial charge on any atom is 1.00 e. The Bertz CT molecular complexity index is 54.5. The van der Waals surface area contributed by atoms with E-state index in [9.17, 15) is 0 Å². The molecule has 0 aliphatic heterocycles. The first-order valence-corrected chi connectivity index (χ1v) is 1.34. The van der Waals surface area contributed by atoms with E-state index in [0.717, 1.165) is 0 Å². The second-order valence-electron chi connectivity index (χ2n) is 0.384. The van der Waals surface area contributed by atoms with Crippen LogP contribution in [0.3, 0.4) is 0 Å². The van der Waals surface area contributed by atoms with Crippen LogP contribution in [0.5, 0.6) is 0 Å². The van der Waals surface area contributed by atoms with Gasteiger partial charge in [0.1, 0.15) is 0 Å². The molecule has 0 radical (unpaired) electrons. The van der Waals surface area contributed by atoms with Crippen LogP contribution < -0.4 is 51.4 Å². The molecule has 42 valence electrons. The van der Waals surface area contributed by atoms with Crippen molar-refractivity contribution in [2.75, 3.05) is 0 Å². The van der Waals surface area contributed by atoms with Crippen LogP contribution in [0.2, 0.25) is 0 Å². The van der Waals surface area contributed by atoms with Gasteiger partial charge < -0.3 is 11.1 Å². The van der Waals surface area contributed by atoms with Crippen molar-refractivity contribution in [3.8, 4) is 0 Å². The maximum atomic E-state index is 9.12. The smallest absolute Gasteiger partial charge is 1.00 e. The Hall–Kier alpha value is 2.00. The van der Waals surface area contributed by atoms with Crippen LogP contribution in [0.1, 0.15) is 1.43 Å². The van der Waals surface area contributed by atoms with Crippen LogP contribution in [0.15, 0.2) is 0 Å². The van der Waals surface area contributed by atoms with Gasteiger partial charge in [0.25, 0.3) is 0 Å². The molecule has 0 bridgehead atoms. The van der Waals surface area contributed by atoms with Crippen LogP contribution in [0, 0.1) is 0 Å². The largest absolute Gasteiger partial charge is 1.00 e. The second kappa shape index (κ2) is 10.9. The van der Waals surface area contributed by atoms with Gasteiger partial charge in [-0.1, -0.05) is 0 Å². The molecule has 0 saturated heterocycles. The van der Waals surface area contributed by atoms with Crippen molar-refractivity contribution in [1.29, 1.82) is 0 Å². The Labute approximate surface area is 101 Å². The predicted octanol–water partition coefficient (Wildman–Crippen LogP) is -2.41. The van der Waals surface area contributed by atoms with Crippen LogP contribution >= 0.6 is 9.47 Å². The van der Waals surface area contributed by atoms with E-state index < -0.39 is 6.16 Å². The maximum absolute atomic E-state index is 9.12. The normalized spacial score (nSPS) is 4.71. The molecule has 3 nitrogen and oxygen atoms in total. The van der Waals surface area contributed by atoms with E-state index in [1.54, 1.807) is 9.47 Å². The molecule has 0 amide bonds. The standard InChI is InChI=1S/CH3O3P.K.Pd.H/c2-1(3)4-5;;;/h5H2,(H,2,3);;;/q;+1;;-1. The third-order valence-corrected chi connectivity index (χ3v) is 0.302. The fourth-order valence-corrected chi connectivity index (χ4v) is 0. The summed E-state index contributed by atoms with van der Waals surface area (Å²) in [5.74, 6) is 0. The minimum Gasteiger partial charge on any atom is -1.00 e. The molecule has 0 fully saturated rings. The van der Waals surface area contributed by atoms with Crippen molar-refractivity contribution < 1.29 is 87.7 Å². The molecule has 0 aromatic heterocycles. The van der Waals surface area contributed by atoms with E-state index in [1.807, 2.05) is 0 Å². The molecule has 0 aromatic carbocycles. The Balaban J connectivity index is -0.0000000267. The van der Waals surface area contributed by atoms with Gasteiger partial charge in [-0.2, -0.15) is 0 Å². The van der Waals surface area contributed by atoms with Crippen LogP contribution in [0.4, 0.5) is 4.79 Å². The molecule has 0 saturated carbocycles. The van der Waals surface area contributed by atoms with E-state index in [2.05, 4.69) is 4.52 Å². The van der Waals surface area contributed by atoms with E-state index >= 15 is 0 Å². The van der Waals surface area contributed by atoms with E-state index in [4.69, 9.17) is 9.90 Å². The third-order valence-electron chi connectivity index (χ3n) is 0.101. The third kappa shape index (κ3) is 18.0. The molecule has 1 unspecified atom stereocenters. The van der Waals surface area contributed by atoms with Crippen LogP contribution in [-0.4, -0.2) is 11.3 Å². The van der Waals surface area contributed by atoms with Gasteiger partial charge in [0.15, 0.2) is 0 Å². The molecular formula is CH4KO3PPd. The Kier molecular flexibility index (Phi) is 24.9. The molecule has 7 heavy (non-hydrogen) atoms. The zero-order valence-electron chi connectivity index (χ0n) is 4.66. The average molecular weight is 241 g/mol. The van der Waals surface area contributed by atoms with Gasteiger partial charge in [-0.3, -0.25) is 0 Å². The summed E-state index contributed by atoms with van der Waals surface area (Å²) >= 11 is 0. The summed E-state index contributed by atoms with van der Waals surface area (Å²) in [5, 5.41) is 7.48. The molecule has 6 heteroatoms. The van der Waals surface area contributed by atoms with Crippen molar-refractivity contribution in [3.63, 3.8) is 0 Å². The van der Waals surface area contributed by atoms with Crippen LogP contribution in [-0.2, 0) is 24.9 Å². The summed E-state index contributed by atoms with van der Waals surface area (Å²) in [6.07, 6.45) is -1.28. The molecule has 0 spiro atoms. The van der Waals surface area contributed by atoms with Gasteiger partial charge >= 0.3 is 57.5 Å². The summed E-state index contributed by atoms with van der Waals surface area (Å²) in [6.45, 7) is 0. The van der Waals surface area contributed by atoms with Gasteiger partial charge in [0.2, 0.25) is 0 Å². The number of hydrogen-bond acceptors (Lipinski definition) is 2. The summed E-state index contributed by atoms with van der Waals surface area (Å²) in [4.78, 5) is 9.12. The Morgan fingerprint density at radius 1 is 1.86 bits per heavy atom. The monoisotopic (exact) mass is 240 g/mol. The molecule has 1 N–H and O–H groups in total. The minimum atomic E-state index is -1.28. The molecular weight excluding hydrogens is 236 g/mol. The zero-order valence-corrected chi connectivity index (χ0v) is 9.49. The molecule has 0 aliphatic carbocycles. The fourth-order valence-electron chi connectivity index (χ4n) is 0. The van der Waals surface area contributed by atoms with Gasteiger partial charge in [0, 0.05) is 20.4 Å². The SMILES string of the molecule is O=C(O)OP.[H-].[K+].[Pd]. The van der Waals surface area contributed by atoms with Gasteiger partial charge in [-0.05, 0) is 0 Å². The average Bonchev–Trinajstić information content (AvgIpc) is 1.38. The second-order valence-corrected chi connectivity index (χ2v) is 0.619. The Morgan fingerprint density at radius 2 is 2.00 bits per heavy atom. The molecule has 0 aromatic rings. The minimum absolute atomic E-state index is 0. The zero-order chi connectivity index (χ0) is 4.28. The first-order chi connectivity index (χ1) is 2.27. The molecule has 0 rings (SSSR count). The van der Waals surface area contributed by atoms with Crippen molar-refractivity contribution in [2.24, 2.45) is 0 Å². The van der Waals surface area contributed by atoms with Gasteiger partial charge in [0.05, 0.1) is 9.47 Å². The number of hydrogen-bond donors (Lipinski definition) is 1. The van der Waals surface area contributed by atoms with E-state index in [0.29, 0.717) is 0 Å². The number of rotatable bonds is 0. The first-order valence-electron chi connectivity index (χ1n) is 0.868. The summed E-state index contributed by atoms with van der Waals surface area (Å²) in [6, 6.07) is 0. The number of carbonyl (C=O) groups is 1.